The molecular formula is C14H11Cl2N5O3S. The number of halogens is 2. The van der Waals surface area contributed by atoms with E-state index in [9.17, 15) is 14.9 Å². The first kappa shape index (κ1) is 17.5. The van der Waals surface area contributed by atoms with Crippen LogP contribution < -0.4 is 10.6 Å². The number of nitro groups is 1. The molecule has 11 heteroatoms. The zero-order valence-electron chi connectivity index (χ0n) is 12.5. The molecule has 2 N–H and O–H groups in total. The number of imidazole rings is 1. The van der Waals surface area contributed by atoms with Crippen LogP contribution in [0.1, 0.15) is 10.4 Å². The fraction of sp³-hybridized carbons (Fsp3) is 0.143. The number of nitrogens with zero attached hydrogens (tertiary/aromatic N) is 3. The molecule has 0 aliphatic rings. The Kier molecular flexibility index (Phi) is 5.07. The first-order valence-electron chi connectivity index (χ1n) is 7.04. The third kappa shape index (κ3) is 3.68. The molecule has 2 aromatic heterocycles. The molecule has 0 spiro atoms. The second-order valence-corrected chi connectivity index (χ2v) is 6.60. The van der Waals surface area contributed by atoms with Gasteiger partial charge in [-0.2, -0.15) is 9.38 Å². The molecular weight excluding hydrogens is 389 g/mol. The lowest BCUT2D eigenvalue weighted by Gasteiger charge is -2.07. The SMILES string of the molecule is O=C(NCCNc1nc2sccn2c1[N+](=O)[O-])c1ccc(Cl)c(Cl)c1. The van der Waals surface area contributed by atoms with Gasteiger partial charge in [0, 0.05) is 24.0 Å². The summed E-state index contributed by atoms with van der Waals surface area (Å²) in [5.41, 5.74) is 0.378. The molecule has 0 unspecified atom stereocenters. The molecule has 8 nitrogen and oxygen atoms in total. The van der Waals surface area contributed by atoms with Crippen LogP contribution in [0.15, 0.2) is 29.8 Å². The molecule has 0 aliphatic carbocycles. The van der Waals surface area contributed by atoms with E-state index in [2.05, 4.69) is 15.6 Å². The van der Waals surface area contributed by atoms with Crippen molar-refractivity contribution in [1.29, 1.82) is 0 Å². The Bertz CT molecular complexity index is 955. The minimum absolute atomic E-state index is 0.132. The smallest absolute Gasteiger partial charge is 0.361 e. The van der Waals surface area contributed by atoms with Gasteiger partial charge in [0.25, 0.3) is 10.9 Å². The highest BCUT2D eigenvalue weighted by atomic mass is 35.5. The number of rotatable bonds is 6. The number of thiazole rings is 1. The summed E-state index contributed by atoms with van der Waals surface area (Å²) in [6.07, 6.45) is 1.59. The van der Waals surface area contributed by atoms with Crippen molar-refractivity contribution in [2.24, 2.45) is 0 Å². The minimum Gasteiger partial charge on any atom is -0.361 e. The van der Waals surface area contributed by atoms with Crippen LogP contribution in [0.5, 0.6) is 0 Å². The lowest BCUT2D eigenvalue weighted by Crippen LogP contribution is -2.28. The maximum atomic E-state index is 12.0. The Morgan fingerprint density at radius 1 is 1.32 bits per heavy atom. The lowest BCUT2D eigenvalue weighted by molar-refractivity contribution is -0.389. The molecule has 3 rings (SSSR count). The Labute approximate surface area is 155 Å². The summed E-state index contributed by atoms with van der Waals surface area (Å²) in [5.74, 6) is -0.284. The summed E-state index contributed by atoms with van der Waals surface area (Å²) in [7, 11) is 0. The summed E-state index contributed by atoms with van der Waals surface area (Å²) in [6, 6.07) is 4.57. The zero-order chi connectivity index (χ0) is 18.0. The highest BCUT2D eigenvalue weighted by molar-refractivity contribution is 7.15. The summed E-state index contributed by atoms with van der Waals surface area (Å²) >= 11 is 13.0. The molecule has 0 saturated heterocycles. The fourth-order valence-corrected chi connectivity index (χ4v) is 3.17. The normalized spacial score (nSPS) is 10.8. The molecule has 1 aromatic carbocycles. The molecule has 1 amide bonds. The molecule has 25 heavy (non-hydrogen) atoms. The Balaban J connectivity index is 1.59. The van der Waals surface area contributed by atoms with E-state index in [1.165, 1.54) is 27.9 Å². The highest BCUT2D eigenvalue weighted by Crippen LogP contribution is 2.27. The minimum atomic E-state index is -0.497. The van der Waals surface area contributed by atoms with E-state index in [1.54, 1.807) is 17.6 Å². The van der Waals surface area contributed by atoms with Gasteiger partial charge in [-0.15, -0.1) is 0 Å². The highest BCUT2D eigenvalue weighted by Gasteiger charge is 2.23. The van der Waals surface area contributed by atoms with Crippen LogP contribution in [-0.2, 0) is 0 Å². The van der Waals surface area contributed by atoms with Crippen LogP contribution in [0.4, 0.5) is 11.6 Å². The number of anilines is 1. The van der Waals surface area contributed by atoms with Gasteiger partial charge in [-0.3, -0.25) is 4.79 Å². The molecule has 0 radical (unpaired) electrons. The number of hydrogen-bond donors (Lipinski definition) is 2. The predicted molar refractivity (Wildman–Crippen MR) is 97.0 cm³/mol. The summed E-state index contributed by atoms with van der Waals surface area (Å²) in [5, 5.41) is 19.1. The predicted octanol–water partition coefficient (Wildman–Crippen LogP) is 3.45. The first-order chi connectivity index (χ1) is 12.0. The van der Waals surface area contributed by atoms with Gasteiger partial charge in [0.2, 0.25) is 5.82 Å². The van der Waals surface area contributed by atoms with Gasteiger partial charge < -0.3 is 20.7 Å². The van der Waals surface area contributed by atoms with Crippen molar-refractivity contribution in [3.05, 3.63) is 55.5 Å². The summed E-state index contributed by atoms with van der Waals surface area (Å²) in [6.45, 7) is 0.528. The van der Waals surface area contributed by atoms with Gasteiger partial charge in [-0.25, -0.2) is 0 Å². The number of hydrogen-bond acceptors (Lipinski definition) is 6. The molecule has 2 heterocycles. The van der Waals surface area contributed by atoms with Crippen LogP contribution in [0.25, 0.3) is 4.96 Å². The van der Waals surface area contributed by atoms with E-state index in [0.29, 0.717) is 20.6 Å². The zero-order valence-corrected chi connectivity index (χ0v) is 14.9. The van der Waals surface area contributed by atoms with Gasteiger partial charge in [0.05, 0.1) is 10.0 Å². The van der Waals surface area contributed by atoms with Gasteiger partial charge in [0.1, 0.15) is 6.20 Å². The van der Waals surface area contributed by atoms with Crippen molar-refractivity contribution < 1.29 is 9.72 Å². The van der Waals surface area contributed by atoms with Gasteiger partial charge >= 0.3 is 5.82 Å². The third-order valence-electron chi connectivity index (χ3n) is 3.29. The molecule has 0 atom stereocenters. The van der Waals surface area contributed by atoms with E-state index >= 15 is 0 Å². The molecule has 0 saturated carbocycles. The number of amides is 1. The van der Waals surface area contributed by atoms with Crippen LogP contribution in [-0.4, -0.2) is 33.3 Å². The number of aromatic nitrogens is 2. The molecule has 0 aliphatic heterocycles. The van der Waals surface area contributed by atoms with Crippen molar-refractivity contribution in [3.8, 4) is 0 Å². The Morgan fingerprint density at radius 2 is 2.12 bits per heavy atom. The quantitative estimate of drug-likeness (QED) is 0.375. The standard InChI is InChI=1S/C14H11Cl2N5O3S/c15-9-2-1-8(7-10(9)16)12(22)18-4-3-17-11-13(21(23)24)20-5-6-25-14(20)19-11/h1-2,5-7,17H,3-4H2,(H,18,22). The lowest BCUT2D eigenvalue weighted by atomic mass is 10.2. The third-order valence-corrected chi connectivity index (χ3v) is 4.79. The van der Waals surface area contributed by atoms with Gasteiger partial charge in [-0.05, 0) is 23.1 Å². The molecule has 130 valence electrons. The molecule has 3 aromatic rings. The first-order valence-corrected chi connectivity index (χ1v) is 8.68. The molecule has 0 bridgehead atoms. The van der Waals surface area contributed by atoms with Crippen molar-refractivity contribution in [2.75, 3.05) is 18.4 Å². The number of fused-ring (bicyclic) bond motifs is 1. The number of benzene rings is 1. The van der Waals surface area contributed by atoms with Crippen molar-refractivity contribution in [1.82, 2.24) is 14.7 Å². The van der Waals surface area contributed by atoms with Crippen molar-refractivity contribution in [2.45, 2.75) is 0 Å². The van der Waals surface area contributed by atoms with E-state index in [4.69, 9.17) is 23.2 Å². The maximum absolute atomic E-state index is 12.0. The van der Waals surface area contributed by atoms with Crippen LogP contribution in [0, 0.1) is 10.1 Å². The van der Waals surface area contributed by atoms with Crippen LogP contribution >= 0.6 is 34.5 Å². The van der Waals surface area contributed by atoms with E-state index in [0.717, 1.165) is 0 Å². The average Bonchev–Trinajstić information content (AvgIpc) is 3.14. The van der Waals surface area contributed by atoms with Crippen molar-refractivity contribution in [3.63, 3.8) is 0 Å². The Morgan fingerprint density at radius 3 is 2.84 bits per heavy atom. The van der Waals surface area contributed by atoms with Crippen LogP contribution in [0.2, 0.25) is 10.0 Å². The monoisotopic (exact) mass is 399 g/mol. The number of nitrogens with one attached hydrogen (secondary N) is 2. The summed E-state index contributed by atoms with van der Waals surface area (Å²) < 4.78 is 1.40. The number of carbonyl (C=O) groups is 1. The van der Waals surface area contributed by atoms with Gasteiger partial charge in [-0.1, -0.05) is 34.5 Å². The van der Waals surface area contributed by atoms with Crippen LogP contribution in [0.3, 0.4) is 0 Å². The topological polar surface area (TPSA) is 102 Å². The van der Waals surface area contributed by atoms with E-state index in [-0.39, 0.29) is 30.6 Å². The average molecular weight is 400 g/mol. The second-order valence-electron chi connectivity index (χ2n) is 4.91. The van der Waals surface area contributed by atoms with E-state index in [1.807, 2.05) is 0 Å². The largest absolute Gasteiger partial charge is 0.372 e. The number of carbonyl (C=O) groups excluding carboxylic acids is 1. The second kappa shape index (κ2) is 7.26. The van der Waals surface area contributed by atoms with Gasteiger partial charge in [0.15, 0.2) is 0 Å². The van der Waals surface area contributed by atoms with Crippen molar-refractivity contribution >= 4 is 57.0 Å². The fourth-order valence-electron chi connectivity index (χ4n) is 2.16. The maximum Gasteiger partial charge on any atom is 0.372 e. The summed E-state index contributed by atoms with van der Waals surface area (Å²) in [4.78, 5) is 27.4. The van der Waals surface area contributed by atoms with E-state index < -0.39 is 4.92 Å². The Hall–Kier alpha value is -2.36. The molecule has 0 fully saturated rings.